The molecular formula is C26H40ClNO. The van der Waals surface area contributed by atoms with Crippen LogP contribution in [0.1, 0.15) is 84.3 Å². The number of ketones is 1. The molecule has 0 aliphatic heterocycles. The summed E-state index contributed by atoms with van der Waals surface area (Å²) in [5, 5.41) is 0. The van der Waals surface area contributed by atoms with Gasteiger partial charge in [0.05, 0.1) is 0 Å². The topological polar surface area (TPSA) is 20.3 Å². The van der Waals surface area contributed by atoms with Gasteiger partial charge in [-0.1, -0.05) is 71.7 Å². The SMILES string of the molecule is CCCCN(CCCC)Cc1ccc(C=C2C(=O)C3(C)CCC2C3(C)C)cc1.Cl. The van der Waals surface area contributed by atoms with Crippen molar-refractivity contribution in [2.45, 2.75) is 79.7 Å². The highest BCUT2D eigenvalue weighted by Crippen LogP contribution is 2.65. The van der Waals surface area contributed by atoms with E-state index in [1.54, 1.807) is 0 Å². The van der Waals surface area contributed by atoms with Crippen LogP contribution in [-0.4, -0.2) is 23.8 Å². The Kier molecular flexibility index (Phi) is 8.15. The minimum absolute atomic E-state index is 0. The van der Waals surface area contributed by atoms with Gasteiger partial charge in [0.1, 0.15) is 0 Å². The molecular weight excluding hydrogens is 378 g/mol. The minimum atomic E-state index is -0.164. The Balaban J connectivity index is 0.00000300. The average Bonchev–Trinajstić information content (AvgIpc) is 2.99. The molecule has 3 rings (SSSR count). The number of Topliss-reactive ketones (excluding diaryl/α,β-unsaturated/α-hetero) is 1. The van der Waals surface area contributed by atoms with Crippen LogP contribution in [0, 0.1) is 16.7 Å². The van der Waals surface area contributed by atoms with E-state index in [0.717, 1.165) is 25.0 Å². The van der Waals surface area contributed by atoms with Gasteiger partial charge in [-0.2, -0.15) is 0 Å². The Hall–Kier alpha value is -1.12. The molecule has 0 aromatic heterocycles. The van der Waals surface area contributed by atoms with Crippen molar-refractivity contribution < 1.29 is 4.79 Å². The van der Waals surface area contributed by atoms with Gasteiger partial charge in [-0.05, 0) is 72.9 Å². The lowest BCUT2D eigenvalue weighted by molar-refractivity contribution is -0.125. The van der Waals surface area contributed by atoms with Crippen LogP contribution >= 0.6 is 12.4 Å². The summed E-state index contributed by atoms with van der Waals surface area (Å²) >= 11 is 0. The summed E-state index contributed by atoms with van der Waals surface area (Å²) in [4.78, 5) is 15.6. The van der Waals surface area contributed by atoms with Crippen molar-refractivity contribution in [3.8, 4) is 0 Å². The molecule has 2 bridgehead atoms. The summed E-state index contributed by atoms with van der Waals surface area (Å²) in [6.45, 7) is 14.7. The molecule has 2 atom stereocenters. The highest BCUT2D eigenvalue weighted by atomic mass is 35.5. The number of halogens is 1. The van der Waals surface area contributed by atoms with Gasteiger partial charge >= 0.3 is 0 Å². The van der Waals surface area contributed by atoms with Crippen LogP contribution in [0.3, 0.4) is 0 Å². The van der Waals surface area contributed by atoms with E-state index in [0.29, 0.717) is 11.7 Å². The molecule has 3 heteroatoms. The smallest absolute Gasteiger partial charge is 0.165 e. The lowest BCUT2D eigenvalue weighted by atomic mass is 9.70. The van der Waals surface area contributed by atoms with Gasteiger partial charge in [-0.15, -0.1) is 12.4 Å². The molecule has 2 aliphatic carbocycles. The van der Waals surface area contributed by atoms with Crippen LogP contribution in [0.25, 0.3) is 6.08 Å². The van der Waals surface area contributed by atoms with Gasteiger partial charge in [0.25, 0.3) is 0 Å². The first-order chi connectivity index (χ1) is 13.3. The van der Waals surface area contributed by atoms with Crippen LogP contribution in [-0.2, 0) is 11.3 Å². The van der Waals surface area contributed by atoms with Crippen LogP contribution in [0.4, 0.5) is 0 Å². The van der Waals surface area contributed by atoms with Crippen LogP contribution < -0.4 is 0 Å². The molecule has 0 N–H and O–H groups in total. The standard InChI is InChI=1S/C26H39NO.ClH/c1-6-8-16-27(17-9-7-2)19-21-12-10-20(11-13-21)18-22-23-14-15-26(5,24(22)28)25(23,3)4;/h10-13,18,23H,6-9,14-17,19H2,1-5H3;1H. The van der Waals surface area contributed by atoms with Crippen molar-refractivity contribution >= 4 is 24.3 Å². The maximum Gasteiger partial charge on any atom is 0.165 e. The van der Waals surface area contributed by atoms with E-state index in [2.05, 4.69) is 69.9 Å². The van der Waals surface area contributed by atoms with Crippen molar-refractivity contribution in [3.05, 3.63) is 41.0 Å². The third kappa shape index (κ3) is 4.64. The molecule has 0 saturated heterocycles. The normalized spacial score (nSPS) is 26.3. The lowest BCUT2D eigenvalue weighted by Gasteiger charge is -2.31. The third-order valence-corrected chi connectivity index (χ3v) is 7.73. The van der Waals surface area contributed by atoms with E-state index in [1.807, 2.05) is 0 Å². The Morgan fingerprint density at radius 3 is 2.10 bits per heavy atom. The maximum absolute atomic E-state index is 13.0. The van der Waals surface area contributed by atoms with Crippen LogP contribution in [0.2, 0.25) is 0 Å². The van der Waals surface area contributed by atoms with Gasteiger partial charge in [-0.3, -0.25) is 9.69 Å². The fraction of sp³-hybridized carbons (Fsp3) is 0.654. The van der Waals surface area contributed by atoms with E-state index in [9.17, 15) is 4.79 Å². The number of hydrogen-bond donors (Lipinski definition) is 0. The third-order valence-electron chi connectivity index (χ3n) is 7.73. The zero-order chi connectivity index (χ0) is 20.4. The second-order valence-electron chi connectivity index (χ2n) is 9.80. The Morgan fingerprint density at radius 1 is 1.03 bits per heavy atom. The highest BCUT2D eigenvalue weighted by Gasteiger charge is 2.63. The number of unbranched alkanes of at least 4 members (excludes halogenated alkanes) is 2. The molecule has 2 nitrogen and oxygen atoms in total. The monoisotopic (exact) mass is 417 g/mol. The van der Waals surface area contributed by atoms with Crippen LogP contribution in [0.15, 0.2) is 29.8 Å². The average molecular weight is 418 g/mol. The molecule has 162 valence electrons. The summed E-state index contributed by atoms with van der Waals surface area (Å²) in [5.74, 6) is 0.811. The minimum Gasteiger partial charge on any atom is -0.299 e. The summed E-state index contributed by atoms with van der Waals surface area (Å²) in [5.41, 5.74) is 3.55. The first kappa shape index (κ1) is 24.2. The molecule has 0 amide bonds. The number of carbonyl (C=O) groups excluding carboxylic acids is 1. The molecule has 1 aromatic carbocycles. The second kappa shape index (κ2) is 9.79. The Labute approximate surface area is 184 Å². The molecule has 2 saturated carbocycles. The molecule has 29 heavy (non-hydrogen) atoms. The Bertz CT molecular complexity index is 713. The molecule has 2 unspecified atom stereocenters. The highest BCUT2D eigenvalue weighted by molar-refractivity contribution is 6.07. The first-order valence-corrected chi connectivity index (χ1v) is 11.4. The lowest BCUT2D eigenvalue weighted by Crippen LogP contribution is -2.32. The maximum atomic E-state index is 13.0. The molecule has 2 aliphatic rings. The van der Waals surface area contributed by atoms with E-state index in [1.165, 1.54) is 49.9 Å². The molecule has 0 spiro atoms. The summed E-state index contributed by atoms with van der Waals surface area (Å²) in [7, 11) is 0. The zero-order valence-corrected chi connectivity index (χ0v) is 19.9. The van der Waals surface area contributed by atoms with Crippen molar-refractivity contribution in [2.24, 2.45) is 16.7 Å². The fourth-order valence-corrected chi connectivity index (χ4v) is 5.28. The van der Waals surface area contributed by atoms with Gasteiger partial charge in [0.2, 0.25) is 0 Å². The Morgan fingerprint density at radius 2 is 1.62 bits per heavy atom. The molecule has 0 radical (unpaired) electrons. The second-order valence-corrected chi connectivity index (χ2v) is 9.80. The predicted octanol–water partition coefficient (Wildman–Crippen LogP) is 6.92. The van der Waals surface area contributed by atoms with Crippen molar-refractivity contribution in [3.63, 3.8) is 0 Å². The van der Waals surface area contributed by atoms with E-state index in [-0.39, 0.29) is 23.2 Å². The first-order valence-electron chi connectivity index (χ1n) is 11.4. The van der Waals surface area contributed by atoms with Crippen LogP contribution in [0.5, 0.6) is 0 Å². The number of fused-ring (bicyclic) bond motifs is 2. The predicted molar refractivity (Wildman–Crippen MR) is 126 cm³/mol. The number of hydrogen-bond acceptors (Lipinski definition) is 2. The molecule has 2 fully saturated rings. The fourth-order valence-electron chi connectivity index (χ4n) is 5.28. The van der Waals surface area contributed by atoms with E-state index in [4.69, 9.17) is 0 Å². The van der Waals surface area contributed by atoms with Gasteiger partial charge < -0.3 is 0 Å². The summed E-state index contributed by atoms with van der Waals surface area (Å²) in [6, 6.07) is 8.91. The van der Waals surface area contributed by atoms with Crippen molar-refractivity contribution in [1.82, 2.24) is 4.90 Å². The summed E-state index contributed by atoms with van der Waals surface area (Å²) in [6.07, 6.45) is 9.42. The van der Waals surface area contributed by atoms with E-state index >= 15 is 0 Å². The number of carbonyl (C=O) groups is 1. The quantitative estimate of drug-likeness (QED) is 0.406. The number of nitrogens with zero attached hydrogens (tertiary/aromatic N) is 1. The largest absolute Gasteiger partial charge is 0.299 e. The van der Waals surface area contributed by atoms with Gasteiger partial charge in [-0.25, -0.2) is 0 Å². The van der Waals surface area contributed by atoms with Gasteiger partial charge in [0, 0.05) is 12.0 Å². The summed E-state index contributed by atoms with van der Waals surface area (Å²) < 4.78 is 0. The zero-order valence-electron chi connectivity index (χ0n) is 19.1. The van der Waals surface area contributed by atoms with Crippen molar-refractivity contribution in [1.29, 1.82) is 0 Å². The van der Waals surface area contributed by atoms with E-state index < -0.39 is 0 Å². The number of benzene rings is 1. The van der Waals surface area contributed by atoms with Crippen molar-refractivity contribution in [2.75, 3.05) is 13.1 Å². The molecule has 0 heterocycles. The molecule has 1 aromatic rings. The number of allylic oxidation sites excluding steroid dienone is 1. The van der Waals surface area contributed by atoms with Gasteiger partial charge in [0.15, 0.2) is 5.78 Å². The number of rotatable bonds is 9.